The Morgan fingerprint density at radius 2 is 1.60 bits per heavy atom. The topological polar surface area (TPSA) is 57.6 Å². The molecule has 20 heavy (non-hydrogen) atoms. The molecular formula is C15H31NO3S. The zero-order chi connectivity index (χ0) is 16.4. The zero-order valence-corrected chi connectivity index (χ0v) is 15.0. The van der Waals surface area contributed by atoms with E-state index in [1.807, 2.05) is 40.7 Å². The lowest BCUT2D eigenvalue weighted by Crippen LogP contribution is -2.48. The van der Waals surface area contributed by atoms with E-state index in [9.17, 15) is 13.6 Å². The summed E-state index contributed by atoms with van der Waals surface area (Å²) in [5.74, 6) is 0. The van der Waals surface area contributed by atoms with Gasteiger partial charge in [0.25, 0.3) is 0 Å². The molecule has 0 aliphatic rings. The molecule has 1 N–H and O–H groups in total. The smallest absolute Gasteiger partial charge is 0.159 e. The van der Waals surface area contributed by atoms with Gasteiger partial charge in [-0.1, -0.05) is 11.6 Å². The van der Waals surface area contributed by atoms with Gasteiger partial charge in [-0.05, 0) is 61.8 Å². The van der Waals surface area contributed by atoms with Crippen LogP contribution in [0, 0.1) is 0 Å². The minimum absolute atomic E-state index is 0.118. The second-order valence-electron chi connectivity index (χ2n) is 7.55. The highest BCUT2D eigenvalue weighted by Crippen LogP contribution is 2.25. The van der Waals surface area contributed by atoms with Crippen molar-refractivity contribution in [2.24, 2.45) is 0 Å². The molecule has 120 valence electrons. The van der Waals surface area contributed by atoms with Crippen molar-refractivity contribution < 1.29 is 13.6 Å². The fourth-order valence-electron chi connectivity index (χ4n) is 1.63. The SMILES string of the molecule is CC(C)=CCC(CN(O)C(C)(C)C)S(=O)(=O)C(C)(C)C. The van der Waals surface area contributed by atoms with Crippen molar-refractivity contribution in [2.75, 3.05) is 6.54 Å². The Kier molecular flexibility index (Phi) is 6.45. The summed E-state index contributed by atoms with van der Waals surface area (Å²) >= 11 is 0. The van der Waals surface area contributed by atoms with Crippen molar-refractivity contribution >= 4 is 9.84 Å². The monoisotopic (exact) mass is 305 g/mol. The van der Waals surface area contributed by atoms with Crippen LogP contribution in [0.25, 0.3) is 0 Å². The molecule has 0 amide bonds. The lowest BCUT2D eigenvalue weighted by molar-refractivity contribution is -0.155. The van der Waals surface area contributed by atoms with Gasteiger partial charge in [0, 0.05) is 12.1 Å². The lowest BCUT2D eigenvalue weighted by atomic mass is 10.1. The summed E-state index contributed by atoms with van der Waals surface area (Å²) in [5.41, 5.74) is 0.607. The molecule has 0 aromatic carbocycles. The quantitative estimate of drug-likeness (QED) is 0.624. The van der Waals surface area contributed by atoms with Crippen LogP contribution < -0.4 is 0 Å². The van der Waals surface area contributed by atoms with E-state index in [-0.39, 0.29) is 6.54 Å². The Labute approximate surface area is 124 Å². The Hall–Kier alpha value is -0.390. The van der Waals surface area contributed by atoms with Crippen LogP contribution in [-0.2, 0) is 9.84 Å². The molecule has 0 aliphatic carbocycles. The Morgan fingerprint density at radius 1 is 1.15 bits per heavy atom. The Bertz CT molecular complexity index is 435. The van der Waals surface area contributed by atoms with Gasteiger partial charge >= 0.3 is 0 Å². The normalized spacial score (nSPS) is 15.3. The Balaban J connectivity index is 5.37. The number of hydroxylamine groups is 2. The van der Waals surface area contributed by atoms with Crippen LogP contribution >= 0.6 is 0 Å². The molecule has 0 saturated heterocycles. The third kappa shape index (κ3) is 5.54. The third-order valence-corrected chi connectivity index (χ3v) is 6.16. The highest BCUT2D eigenvalue weighted by atomic mass is 32.2. The summed E-state index contributed by atoms with van der Waals surface area (Å²) in [6.07, 6.45) is 2.35. The molecule has 0 aromatic heterocycles. The van der Waals surface area contributed by atoms with Crippen molar-refractivity contribution in [1.29, 1.82) is 0 Å². The predicted octanol–water partition coefficient (Wildman–Crippen LogP) is 3.41. The second-order valence-corrected chi connectivity index (χ2v) is 10.5. The molecular weight excluding hydrogens is 274 g/mol. The van der Waals surface area contributed by atoms with E-state index in [2.05, 4.69) is 0 Å². The first kappa shape index (κ1) is 19.6. The molecule has 0 fully saturated rings. The summed E-state index contributed by atoms with van der Waals surface area (Å²) in [6.45, 7) is 14.7. The molecule has 0 aromatic rings. The van der Waals surface area contributed by atoms with Gasteiger partial charge in [-0.2, -0.15) is 5.06 Å². The van der Waals surface area contributed by atoms with E-state index in [1.165, 1.54) is 0 Å². The highest BCUT2D eigenvalue weighted by Gasteiger charge is 2.38. The van der Waals surface area contributed by atoms with Gasteiger partial charge in [0.1, 0.15) is 0 Å². The average Bonchev–Trinajstić information content (AvgIpc) is 2.19. The molecule has 0 heterocycles. The maximum atomic E-state index is 12.7. The average molecular weight is 305 g/mol. The molecule has 0 spiro atoms. The largest absolute Gasteiger partial charge is 0.313 e. The number of allylic oxidation sites excluding steroid dienone is 2. The molecule has 0 aliphatic heterocycles. The van der Waals surface area contributed by atoms with Crippen molar-refractivity contribution in [1.82, 2.24) is 5.06 Å². The van der Waals surface area contributed by atoms with Crippen LogP contribution in [0.1, 0.15) is 61.8 Å². The summed E-state index contributed by atoms with van der Waals surface area (Å²) in [4.78, 5) is 0. The number of hydrogen-bond acceptors (Lipinski definition) is 4. The van der Waals surface area contributed by atoms with Crippen molar-refractivity contribution in [3.63, 3.8) is 0 Å². The second kappa shape index (κ2) is 6.58. The number of hydrogen-bond donors (Lipinski definition) is 1. The minimum atomic E-state index is -3.34. The fraction of sp³-hybridized carbons (Fsp3) is 0.867. The van der Waals surface area contributed by atoms with Gasteiger partial charge in [0.2, 0.25) is 0 Å². The van der Waals surface area contributed by atoms with Crippen LogP contribution in [0.2, 0.25) is 0 Å². The highest BCUT2D eigenvalue weighted by molar-refractivity contribution is 7.93. The van der Waals surface area contributed by atoms with Gasteiger partial charge in [-0.15, -0.1) is 0 Å². The van der Waals surface area contributed by atoms with Crippen LogP contribution in [0.3, 0.4) is 0 Å². The van der Waals surface area contributed by atoms with E-state index in [0.29, 0.717) is 6.42 Å². The standard InChI is InChI=1S/C15H31NO3S/c1-12(2)9-10-13(11-16(17)14(3,4)5)20(18,19)15(6,7)8/h9,13,17H,10-11H2,1-8H3. The lowest BCUT2D eigenvalue weighted by Gasteiger charge is -2.34. The van der Waals surface area contributed by atoms with Gasteiger partial charge in [0.05, 0.1) is 10.00 Å². The molecule has 0 bridgehead atoms. The van der Waals surface area contributed by atoms with E-state index >= 15 is 0 Å². The van der Waals surface area contributed by atoms with Crippen molar-refractivity contribution in [3.8, 4) is 0 Å². The predicted molar refractivity (Wildman–Crippen MR) is 84.8 cm³/mol. The van der Waals surface area contributed by atoms with Gasteiger partial charge < -0.3 is 5.21 Å². The molecule has 0 radical (unpaired) electrons. The summed E-state index contributed by atoms with van der Waals surface area (Å²) in [7, 11) is -3.34. The van der Waals surface area contributed by atoms with Crippen molar-refractivity contribution in [3.05, 3.63) is 11.6 Å². The van der Waals surface area contributed by atoms with E-state index in [4.69, 9.17) is 0 Å². The molecule has 1 unspecified atom stereocenters. The maximum absolute atomic E-state index is 12.7. The first-order valence-electron chi connectivity index (χ1n) is 7.03. The number of sulfone groups is 1. The first-order chi connectivity index (χ1) is 8.69. The van der Waals surface area contributed by atoms with Crippen LogP contribution in [0.15, 0.2) is 11.6 Å². The van der Waals surface area contributed by atoms with E-state index in [1.54, 1.807) is 20.8 Å². The third-order valence-electron chi connectivity index (χ3n) is 3.23. The summed E-state index contributed by atoms with van der Waals surface area (Å²) in [6, 6.07) is 0. The summed E-state index contributed by atoms with van der Waals surface area (Å²) < 4.78 is 24.5. The first-order valence-corrected chi connectivity index (χ1v) is 8.57. The summed E-state index contributed by atoms with van der Waals surface area (Å²) in [5, 5.41) is 10.6. The van der Waals surface area contributed by atoms with Crippen LogP contribution in [-0.4, -0.2) is 40.8 Å². The molecule has 4 nitrogen and oxygen atoms in total. The number of rotatable bonds is 5. The van der Waals surface area contributed by atoms with E-state index < -0.39 is 25.4 Å². The van der Waals surface area contributed by atoms with E-state index in [0.717, 1.165) is 10.6 Å². The molecule has 5 heteroatoms. The molecule has 1 atom stereocenters. The van der Waals surface area contributed by atoms with Gasteiger partial charge in [-0.25, -0.2) is 8.42 Å². The van der Waals surface area contributed by atoms with Gasteiger partial charge in [-0.3, -0.25) is 0 Å². The van der Waals surface area contributed by atoms with Crippen LogP contribution in [0.4, 0.5) is 0 Å². The van der Waals surface area contributed by atoms with Gasteiger partial charge in [0.15, 0.2) is 9.84 Å². The molecule has 0 rings (SSSR count). The minimum Gasteiger partial charge on any atom is -0.313 e. The van der Waals surface area contributed by atoms with Crippen molar-refractivity contribution in [2.45, 2.75) is 77.3 Å². The molecule has 0 saturated carbocycles. The van der Waals surface area contributed by atoms with Crippen LogP contribution in [0.5, 0.6) is 0 Å². The number of nitrogens with zero attached hydrogens (tertiary/aromatic N) is 1. The fourth-order valence-corrected chi connectivity index (χ4v) is 3.32. The Morgan fingerprint density at radius 3 is 1.90 bits per heavy atom. The zero-order valence-electron chi connectivity index (χ0n) is 14.2. The maximum Gasteiger partial charge on any atom is 0.159 e.